The fourth-order valence-electron chi connectivity index (χ4n) is 1.70. The molecule has 1 aliphatic carbocycles. The molecule has 1 aromatic heterocycles. The van der Waals surface area contributed by atoms with Crippen LogP contribution in [0.3, 0.4) is 0 Å². The van der Waals surface area contributed by atoms with Crippen LogP contribution in [0.25, 0.3) is 0 Å². The van der Waals surface area contributed by atoms with Crippen LogP contribution in [0.4, 0.5) is 11.5 Å². The summed E-state index contributed by atoms with van der Waals surface area (Å²) in [7, 11) is 0. The molecule has 0 bridgehead atoms. The monoisotopic (exact) mass is 279 g/mol. The summed E-state index contributed by atoms with van der Waals surface area (Å²) in [5, 5.41) is 4.38. The number of anilines is 2. The molecule has 1 fully saturated rings. The van der Waals surface area contributed by atoms with Crippen molar-refractivity contribution in [1.82, 2.24) is 9.97 Å². The zero-order valence-electron chi connectivity index (χ0n) is 9.53. The molecular formula is C13H11Cl2N3. The van der Waals surface area contributed by atoms with Crippen LogP contribution in [0.1, 0.15) is 24.6 Å². The Morgan fingerprint density at radius 2 is 1.78 bits per heavy atom. The third-order valence-electron chi connectivity index (χ3n) is 2.77. The average molecular weight is 280 g/mol. The van der Waals surface area contributed by atoms with E-state index in [-0.39, 0.29) is 0 Å². The van der Waals surface area contributed by atoms with Crippen LogP contribution in [0.2, 0.25) is 10.2 Å². The molecule has 92 valence electrons. The maximum absolute atomic E-state index is 6.00. The van der Waals surface area contributed by atoms with Crippen molar-refractivity contribution in [2.24, 2.45) is 0 Å². The number of halogens is 2. The lowest BCUT2D eigenvalue weighted by Crippen LogP contribution is -1.99. The van der Waals surface area contributed by atoms with E-state index in [2.05, 4.69) is 15.3 Å². The minimum Gasteiger partial charge on any atom is -0.340 e. The van der Waals surface area contributed by atoms with Crippen LogP contribution >= 0.6 is 23.2 Å². The smallest absolute Gasteiger partial charge is 0.135 e. The highest BCUT2D eigenvalue weighted by atomic mass is 35.5. The predicted octanol–water partition coefficient (Wildman–Crippen LogP) is 4.40. The minimum atomic E-state index is 0.475. The largest absolute Gasteiger partial charge is 0.340 e. The molecule has 0 amide bonds. The molecule has 3 nitrogen and oxygen atoms in total. The second-order valence-electron chi connectivity index (χ2n) is 4.34. The molecule has 0 radical (unpaired) electrons. The van der Waals surface area contributed by atoms with Gasteiger partial charge in [0.15, 0.2) is 0 Å². The molecule has 2 aromatic rings. The molecule has 0 aliphatic heterocycles. The van der Waals surface area contributed by atoms with Gasteiger partial charge in [0.25, 0.3) is 0 Å². The molecule has 0 saturated heterocycles. The molecule has 1 saturated carbocycles. The molecule has 1 aliphatic rings. The highest BCUT2D eigenvalue weighted by molar-refractivity contribution is 6.30. The number of rotatable bonds is 3. The standard InChI is InChI=1S/C13H11Cl2N3/c14-9-3-5-10(6-4-9)16-12-7-11(15)17-13(18-12)8-1-2-8/h3-8H,1-2H2,(H,16,17,18). The summed E-state index contributed by atoms with van der Waals surface area (Å²) in [5.41, 5.74) is 0.927. The second-order valence-corrected chi connectivity index (χ2v) is 5.16. The van der Waals surface area contributed by atoms with Gasteiger partial charge in [-0.05, 0) is 37.1 Å². The number of nitrogens with one attached hydrogen (secondary N) is 1. The average Bonchev–Trinajstić information content (AvgIpc) is 3.15. The van der Waals surface area contributed by atoms with E-state index >= 15 is 0 Å². The summed E-state index contributed by atoms with van der Waals surface area (Å²) >= 11 is 11.8. The molecule has 18 heavy (non-hydrogen) atoms. The highest BCUT2D eigenvalue weighted by Gasteiger charge is 2.27. The van der Waals surface area contributed by atoms with Crippen LogP contribution in [-0.4, -0.2) is 9.97 Å². The summed E-state index contributed by atoms with van der Waals surface area (Å²) in [6.07, 6.45) is 2.31. The zero-order valence-corrected chi connectivity index (χ0v) is 11.0. The molecule has 5 heteroatoms. The van der Waals surface area contributed by atoms with Crippen molar-refractivity contribution in [1.29, 1.82) is 0 Å². The van der Waals surface area contributed by atoms with Crippen molar-refractivity contribution in [3.8, 4) is 0 Å². The summed E-state index contributed by atoms with van der Waals surface area (Å²) in [6.45, 7) is 0. The van der Waals surface area contributed by atoms with Gasteiger partial charge in [-0.2, -0.15) is 0 Å². The summed E-state index contributed by atoms with van der Waals surface area (Å²) in [4.78, 5) is 8.72. The van der Waals surface area contributed by atoms with Crippen molar-refractivity contribution in [2.45, 2.75) is 18.8 Å². The third kappa shape index (κ3) is 2.74. The Hall–Kier alpha value is -1.32. The van der Waals surface area contributed by atoms with E-state index in [1.165, 1.54) is 0 Å². The zero-order chi connectivity index (χ0) is 12.5. The summed E-state index contributed by atoms with van der Waals surface area (Å²) in [5.74, 6) is 2.03. The Bertz CT molecular complexity index is 565. The number of benzene rings is 1. The normalized spacial score (nSPS) is 14.6. The van der Waals surface area contributed by atoms with Gasteiger partial charge in [-0.1, -0.05) is 23.2 Å². The molecule has 1 aromatic carbocycles. The first-order valence-electron chi connectivity index (χ1n) is 5.78. The van der Waals surface area contributed by atoms with Crippen LogP contribution in [0.5, 0.6) is 0 Å². The highest BCUT2D eigenvalue weighted by Crippen LogP contribution is 2.39. The van der Waals surface area contributed by atoms with Crippen molar-refractivity contribution in [2.75, 3.05) is 5.32 Å². The van der Waals surface area contributed by atoms with Crippen molar-refractivity contribution in [3.05, 3.63) is 46.3 Å². The van der Waals surface area contributed by atoms with Crippen LogP contribution in [0, 0.1) is 0 Å². The lowest BCUT2D eigenvalue weighted by atomic mass is 10.3. The predicted molar refractivity (Wildman–Crippen MR) is 73.8 cm³/mol. The van der Waals surface area contributed by atoms with Crippen molar-refractivity contribution >= 4 is 34.7 Å². The van der Waals surface area contributed by atoms with Gasteiger partial charge in [0.2, 0.25) is 0 Å². The fraction of sp³-hybridized carbons (Fsp3) is 0.231. The number of nitrogens with zero attached hydrogens (tertiary/aromatic N) is 2. The minimum absolute atomic E-state index is 0.475. The molecular weight excluding hydrogens is 269 g/mol. The Labute approximate surface area is 115 Å². The lowest BCUT2D eigenvalue weighted by molar-refractivity contribution is 0.931. The maximum Gasteiger partial charge on any atom is 0.135 e. The van der Waals surface area contributed by atoms with Crippen LogP contribution in [-0.2, 0) is 0 Å². The van der Waals surface area contributed by atoms with Gasteiger partial charge in [0.05, 0.1) is 0 Å². The SMILES string of the molecule is Clc1ccc(Nc2cc(Cl)nc(C3CC3)n2)cc1. The first kappa shape index (κ1) is 11.8. The van der Waals surface area contributed by atoms with Gasteiger partial charge in [0, 0.05) is 22.7 Å². The van der Waals surface area contributed by atoms with E-state index in [9.17, 15) is 0 Å². The van der Waals surface area contributed by atoms with Crippen LogP contribution in [0.15, 0.2) is 30.3 Å². The molecule has 1 N–H and O–H groups in total. The summed E-state index contributed by atoms with van der Waals surface area (Å²) < 4.78 is 0. The Morgan fingerprint density at radius 3 is 2.44 bits per heavy atom. The van der Waals surface area contributed by atoms with E-state index in [1.54, 1.807) is 6.07 Å². The van der Waals surface area contributed by atoms with Gasteiger partial charge in [-0.3, -0.25) is 0 Å². The van der Waals surface area contributed by atoms with Gasteiger partial charge >= 0.3 is 0 Å². The molecule has 1 heterocycles. The number of aromatic nitrogens is 2. The van der Waals surface area contributed by atoms with Crippen molar-refractivity contribution < 1.29 is 0 Å². The van der Waals surface area contributed by atoms with E-state index < -0.39 is 0 Å². The van der Waals surface area contributed by atoms with Gasteiger partial charge in [-0.25, -0.2) is 9.97 Å². The first-order valence-corrected chi connectivity index (χ1v) is 6.53. The van der Waals surface area contributed by atoms with Gasteiger partial charge < -0.3 is 5.32 Å². The van der Waals surface area contributed by atoms with E-state index in [1.807, 2.05) is 24.3 Å². The summed E-state index contributed by atoms with van der Waals surface area (Å²) in [6, 6.07) is 9.18. The Balaban J connectivity index is 1.85. The van der Waals surface area contributed by atoms with E-state index in [4.69, 9.17) is 23.2 Å². The lowest BCUT2D eigenvalue weighted by Gasteiger charge is -2.07. The number of hydrogen-bond donors (Lipinski definition) is 1. The quantitative estimate of drug-likeness (QED) is 0.846. The Kier molecular flexibility index (Phi) is 3.10. The Morgan fingerprint density at radius 1 is 1.06 bits per heavy atom. The van der Waals surface area contributed by atoms with Crippen LogP contribution < -0.4 is 5.32 Å². The van der Waals surface area contributed by atoms with Gasteiger partial charge in [0.1, 0.15) is 16.8 Å². The van der Waals surface area contributed by atoms with Gasteiger partial charge in [-0.15, -0.1) is 0 Å². The van der Waals surface area contributed by atoms with E-state index in [0.717, 1.165) is 30.2 Å². The van der Waals surface area contributed by atoms with Crippen molar-refractivity contribution in [3.63, 3.8) is 0 Å². The molecule has 0 spiro atoms. The van der Waals surface area contributed by atoms with E-state index in [0.29, 0.717) is 16.1 Å². The second kappa shape index (κ2) is 4.75. The molecule has 0 atom stereocenters. The topological polar surface area (TPSA) is 37.8 Å². The molecule has 0 unspecified atom stereocenters. The maximum atomic E-state index is 6.00. The third-order valence-corrected chi connectivity index (χ3v) is 3.22. The molecule has 3 rings (SSSR count). The first-order chi connectivity index (χ1) is 8.70. The fourth-order valence-corrected chi connectivity index (χ4v) is 2.02. The number of hydrogen-bond acceptors (Lipinski definition) is 3.